The minimum absolute atomic E-state index is 0.0160. The number of ether oxygens (including phenoxy) is 1. The number of nitrogens with zero attached hydrogens (tertiary/aromatic N) is 2. The van der Waals surface area contributed by atoms with E-state index in [1.807, 2.05) is 52.0 Å². The highest BCUT2D eigenvalue weighted by Gasteiger charge is 2.34. The summed E-state index contributed by atoms with van der Waals surface area (Å²) < 4.78 is 34.1. The molecule has 1 N–H and O–H groups in total. The minimum atomic E-state index is -4.21. The summed E-state index contributed by atoms with van der Waals surface area (Å²) in [4.78, 5) is 28.9. The fraction of sp³-hybridized carbons (Fsp3) is 0.355. The van der Waals surface area contributed by atoms with Gasteiger partial charge < -0.3 is 15.0 Å². The number of amides is 2. The summed E-state index contributed by atoms with van der Waals surface area (Å²) in [5, 5.41) is 3.30. The second kappa shape index (κ2) is 14.4. The van der Waals surface area contributed by atoms with Crippen molar-refractivity contribution in [2.24, 2.45) is 0 Å². The first-order valence-electron chi connectivity index (χ1n) is 13.6. The standard InChI is InChI=1S/C31H38ClN3O5S/c1-6-23(4)33-31(37)29(7-2)34(20-24-13-11-22(3)12-14-24)30(36)21-35(26-10-8-9-25(32)19-26)41(38,39)28-17-15-27(40-5)16-18-28/h8-19,23,29H,6-7,20-21H2,1-5H3,(H,33,37)/t23-,29-/m0/s1. The third-order valence-electron chi connectivity index (χ3n) is 6.88. The lowest BCUT2D eigenvalue weighted by atomic mass is 10.1. The highest BCUT2D eigenvalue weighted by atomic mass is 35.5. The Morgan fingerprint density at radius 3 is 2.20 bits per heavy atom. The molecule has 220 valence electrons. The van der Waals surface area contributed by atoms with E-state index < -0.39 is 28.5 Å². The predicted molar refractivity (Wildman–Crippen MR) is 163 cm³/mol. The van der Waals surface area contributed by atoms with Crippen LogP contribution < -0.4 is 14.4 Å². The lowest BCUT2D eigenvalue weighted by Gasteiger charge is -2.33. The van der Waals surface area contributed by atoms with Crippen LogP contribution in [-0.2, 0) is 26.2 Å². The maximum Gasteiger partial charge on any atom is 0.264 e. The minimum Gasteiger partial charge on any atom is -0.497 e. The molecule has 0 saturated carbocycles. The van der Waals surface area contributed by atoms with Gasteiger partial charge in [0.05, 0.1) is 17.7 Å². The van der Waals surface area contributed by atoms with Gasteiger partial charge in [0, 0.05) is 17.6 Å². The zero-order valence-corrected chi connectivity index (χ0v) is 25.7. The monoisotopic (exact) mass is 599 g/mol. The number of methoxy groups -OCH3 is 1. The van der Waals surface area contributed by atoms with Crippen molar-refractivity contribution in [3.63, 3.8) is 0 Å². The number of carbonyl (C=O) groups is 2. The SMILES string of the molecule is CC[C@H](C)NC(=O)[C@H](CC)N(Cc1ccc(C)cc1)C(=O)CN(c1cccc(Cl)c1)S(=O)(=O)c1ccc(OC)cc1. The van der Waals surface area contributed by atoms with E-state index in [2.05, 4.69) is 5.32 Å². The van der Waals surface area contributed by atoms with Crippen LogP contribution >= 0.6 is 11.6 Å². The first kappa shape index (κ1) is 32.0. The topological polar surface area (TPSA) is 96.0 Å². The number of hydrogen-bond acceptors (Lipinski definition) is 5. The summed E-state index contributed by atoms with van der Waals surface area (Å²) in [7, 11) is -2.72. The Balaban J connectivity index is 2.06. The quantitative estimate of drug-likeness (QED) is 0.277. The van der Waals surface area contributed by atoms with E-state index >= 15 is 0 Å². The summed E-state index contributed by atoms with van der Waals surface area (Å²) in [6.45, 7) is 7.27. The number of halogens is 1. The average molecular weight is 600 g/mol. The molecule has 10 heteroatoms. The molecule has 0 radical (unpaired) electrons. The number of aryl methyl sites for hydroxylation is 1. The number of nitrogens with one attached hydrogen (secondary N) is 1. The highest BCUT2D eigenvalue weighted by molar-refractivity contribution is 7.92. The van der Waals surface area contributed by atoms with Crippen molar-refractivity contribution in [1.29, 1.82) is 0 Å². The van der Waals surface area contributed by atoms with Crippen LogP contribution in [0, 0.1) is 6.92 Å². The summed E-state index contributed by atoms with van der Waals surface area (Å²) in [6.07, 6.45) is 1.08. The fourth-order valence-corrected chi connectivity index (χ4v) is 5.88. The predicted octanol–water partition coefficient (Wildman–Crippen LogP) is 5.57. The molecule has 2 amide bonds. The number of hydrogen-bond donors (Lipinski definition) is 1. The zero-order chi connectivity index (χ0) is 30.2. The molecule has 0 aliphatic rings. The molecule has 0 heterocycles. The second-order valence-corrected chi connectivity index (χ2v) is 12.2. The maximum atomic E-state index is 14.1. The molecule has 0 fully saturated rings. The summed E-state index contributed by atoms with van der Waals surface area (Å²) in [5.74, 6) is -0.305. The van der Waals surface area contributed by atoms with Crippen LogP contribution in [0.2, 0.25) is 5.02 Å². The van der Waals surface area contributed by atoms with Crippen LogP contribution in [0.5, 0.6) is 5.75 Å². The molecule has 0 bridgehead atoms. The van der Waals surface area contributed by atoms with E-state index in [0.717, 1.165) is 21.9 Å². The third-order valence-corrected chi connectivity index (χ3v) is 8.91. The molecule has 41 heavy (non-hydrogen) atoms. The molecule has 0 aromatic heterocycles. The highest BCUT2D eigenvalue weighted by Crippen LogP contribution is 2.28. The Labute approximate surface area is 248 Å². The molecular formula is C31H38ClN3O5S. The van der Waals surface area contributed by atoms with Gasteiger partial charge in [-0.1, -0.05) is 61.3 Å². The number of rotatable bonds is 13. The molecule has 3 aromatic rings. The van der Waals surface area contributed by atoms with Gasteiger partial charge in [0.25, 0.3) is 10.0 Å². The fourth-order valence-electron chi connectivity index (χ4n) is 4.29. The van der Waals surface area contributed by atoms with Gasteiger partial charge in [-0.3, -0.25) is 13.9 Å². The molecule has 3 aromatic carbocycles. The lowest BCUT2D eigenvalue weighted by Crippen LogP contribution is -2.53. The number of anilines is 1. The molecule has 8 nitrogen and oxygen atoms in total. The van der Waals surface area contributed by atoms with Crippen LogP contribution in [0.3, 0.4) is 0 Å². The molecule has 0 saturated heterocycles. The van der Waals surface area contributed by atoms with Gasteiger partial charge in [-0.15, -0.1) is 0 Å². The van der Waals surface area contributed by atoms with Gasteiger partial charge in [-0.05, 0) is 74.7 Å². The molecular weight excluding hydrogens is 562 g/mol. The van der Waals surface area contributed by atoms with Crippen molar-refractivity contribution in [3.8, 4) is 5.75 Å². The molecule has 0 aliphatic carbocycles. The number of benzene rings is 3. The van der Waals surface area contributed by atoms with Crippen molar-refractivity contribution in [2.45, 2.75) is 64.1 Å². The first-order valence-corrected chi connectivity index (χ1v) is 15.4. The van der Waals surface area contributed by atoms with E-state index in [9.17, 15) is 18.0 Å². The number of carbonyl (C=O) groups excluding carboxylic acids is 2. The second-order valence-electron chi connectivity index (χ2n) is 9.92. The van der Waals surface area contributed by atoms with E-state index in [-0.39, 0.29) is 29.1 Å². The number of sulfonamides is 1. The van der Waals surface area contributed by atoms with Crippen molar-refractivity contribution in [3.05, 3.63) is 88.9 Å². The third kappa shape index (κ3) is 8.24. The largest absolute Gasteiger partial charge is 0.497 e. The Hall–Kier alpha value is -3.56. The Kier molecular flexibility index (Phi) is 11.2. The van der Waals surface area contributed by atoms with Crippen molar-refractivity contribution < 1.29 is 22.7 Å². The van der Waals surface area contributed by atoms with E-state index in [1.54, 1.807) is 30.3 Å². The summed E-state index contributed by atoms with van der Waals surface area (Å²) in [6, 6.07) is 19.0. The zero-order valence-electron chi connectivity index (χ0n) is 24.1. The van der Waals surface area contributed by atoms with E-state index in [0.29, 0.717) is 17.2 Å². The van der Waals surface area contributed by atoms with Crippen LogP contribution in [0.15, 0.2) is 77.7 Å². The smallest absolute Gasteiger partial charge is 0.264 e. The van der Waals surface area contributed by atoms with Crippen LogP contribution in [0.4, 0.5) is 5.69 Å². The van der Waals surface area contributed by atoms with Gasteiger partial charge in [0.2, 0.25) is 11.8 Å². The molecule has 2 atom stereocenters. The van der Waals surface area contributed by atoms with E-state index in [1.165, 1.54) is 30.2 Å². The van der Waals surface area contributed by atoms with Gasteiger partial charge in [-0.25, -0.2) is 8.42 Å². The van der Waals surface area contributed by atoms with Gasteiger partial charge >= 0.3 is 0 Å². The Morgan fingerprint density at radius 1 is 0.976 bits per heavy atom. The Bertz CT molecular complexity index is 1430. The van der Waals surface area contributed by atoms with Crippen LogP contribution in [0.25, 0.3) is 0 Å². The normalized spacial score (nSPS) is 12.7. The van der Waals surface area contributed by atoms with E-state index in [4.69, 9.17) is 16.3 Å². The van der Waals surface area contributed by atoms with Gasteiger partial charge in [-0.2, -0.15) is 0 Å². The molecule has 0 spiro atoms. The van der Waals surface area contributed by atoms with Gasteiger partial charge in [0.1, 0.15) is 18.3 Å². The van der Waals surface area contributed by atoms with Crippen molar-refractivity contribution in [1.82, 2.24) is 10.2 Å². The molecule has 0 aliphatic heterocycles. The van der Waals surface area contributed by atoms with Crippen molar-refractivity contribution >= 4 is 39.1 Å². The van der Waals surface area contributed by atoms with Crippen LogP contribution in [-0.4, -0.2) is 50.9 Å². The average Bonchev–Trinajstić information content (AvgIpc) is 2.96. The molecule has 0 unspecified atom stereocenters. The molecule has 3 rings (SSSR count). The maximum absolute atomic E-state index is 14.1. The Morgan fingerprint density at radius 2 is 1.63 bits per heavy atom. The first-order chi connectivity index (χ1) is 19.5. The summed E-state index contributed by atoms with van der Waals surface area (Å²) >= 11 is 6.23. The summed E-state index contributed by atoms with van der Waals surface area (Å²) in [5.41, 5.74) is 2.12. The lowest BCUT2D eigenvalue weighted by molar-refractivity contribution is -0.140. The van der Waals surface area contributed by atoms with Crippen molar-refractivity contribution in [2.75, 3.05) is 18.0 Å². The van der Waals surface area contributed by atoms with Gasteiger partial charge in [0.15, 0.2) is 0 Å². The van der Waals surface area contributed by atoms with Crippen LogP contribution in [0.1, 0.15) is 44.7 Å².